The van der Waals surface area contributed by atoms with Crippen molar-refractivity contribution in [1.29, 1.82) is 0 Å². The summed E-state index contributed by atoms with van der Waals surface area (Å²) in [5.41, 5.74) is 3.34. The molecule has 0 saturated carbocycles. The lowest BCUT2D eigenvalue weighted by molar-refractivity contribution is -0.137. The molecule has 6 nitrogen and oxygen atoms in total. The molecule has 1 heterocycles. The predicted molar refractivity (Wildman–Crippen MR) is 154 cm³/mol. The van der Waals surface area contributed by atoms with Crippen LogP contribution >= 0.6 is 0 Å². The largest absolute Gasteiger partial charge is 0.465 e. The number of H-pyrrole nitrogens is 1. The number of anilines is 1. The van der Waals surface area contributed by atoms with Crippen molar-refractivity contribution in [1.82, 2.24) is 9.97 Å². The number of nitrogens with one attached hydrogen (secondary N) is 2. The van der Waals surface area contributed by atoms with Crippen molar-refractivity contribution in [3.63, 3.8) is 0 Å². The van der Waals surface area contributed by atoms with E-state index in [1.54, 1.807) is 24.3 Å². The minimum absolute atomic E-state index is 0.0156. The summed E-state index contributed by atoms with van der Waals surface area (Å²) < 4.78 is 43.6. The van der Waals surface area contributed by atoms with E-state index in [0.29, 0.717) is 22.6 Å². The average molecular weight is 554 g/mol. The number of ether oxygens (including phenoxy) is 1. The fourth-order valence-corrected chi connectivity index (χ4v) is 4.11. The number of aromatic nitrogens is 2. The van der Waals surface area contributed by atoms with E-state index in [0.717, 1.165) is 28.8 Å². The summed E-state index contributed by atoms with van der Waals surface area (Å²) in [5.74, 6) is 0.545. The monoisotopic (exact) mass is 553 g/mol. The van der Waals surface area contributed by atoms with Crippen LogP contribution < -0.4 is 5.32 Å². The Balaban J connectivity index is 0.000000424. The molecule has 0 aliphatic heterocycles. The second-order valence-electron chi connectivity index (χ2n) is 11.1. The highest BCUT2D eigenvalue weighted by Gasteiger charge is 2.29. The molecule has 3 aromatic carbocycles. The van der Waals surface area contributed by atoms with Crippen molar-refractivity contribution in [3.8, 4) is 11.1 Å². The van der Waals surface area contributed by atoms with Crippen molar-refractivity contribution in [2.45, 2.75) is 58.9 Å². The van der Waals surface area contributed by atoms with Crippen molar-refractivity contribution in [2.24, 2.45) is 0 Å². The minimum Gasteiger partial charge on any atom is -0.465 e. The van der Waals surface area contributed by atoms with Gasteiger partial charge < -0.3 is 14.8 Å². The number of para-hydroxylation sites is 1. The fourth-order valence-electron chi connectivity index (χ4n) is 4.11. The molecule has 9 heteroatoms. The SMILES string of the molecule is CC(C)(C)OC(C)(C)C.O=C(O)Nc1ccccc1-c1ccc2nc(/C=C/c3ccc(C(F)(F)F)cc3)[nH]c2c1. The van der Waals surface area contributed by atoms with Crippen LogP contribution in [0.25, 0.3) is 34.3 Å². The smallest absolute Gasteiger partial charge is 0.416 e. The Bertz CT molecular complexity index is 1460. The molecule has 4 rings (SSSR count). The Morgan fingerprint density at radius 2 is 1.52 bits per heavy atom. The molecular weight excluding hydrogens is 519 g/mol. The summed E-state index contributed by atoms with van der Waals surface area (Å²) in [5, 5.41) is 11.4. The number of rotatable bonds is 4. The molecule has 0 fully saturated rings. The molecule has 3 N–H and O–H groups in total. The Kier molecular flexibility index (Phi) is 9.10. The normalized spacial score (nSPS) is 12.3. The topological polar surface area (TPSA) is 87.2 Å². The molecule has 0 atom stereocenters. The molecule has 0 aliphatic carbocycles. The first-order chi connectivity index (χ1) is 18.5. The summed E-state index contributed by atoms with van der Waals surface area (Å²) in [6.45, 7) is 12.4. The van der Waals surface area contributed by atoms with Gasteiger partial charge in [0.15, 0.2) is 0 Å². The van der Waals surface area contributed by atoms with E-state index in [2.05, 4.69) is 56.8 Å². The van der Waals surface area contributed by atoms with E-state index in [4.69, 9.17) is 9.84 Å². The highest BCUT2D eigenvalue weighted by molar-refractivity contribution is 5.92. The average Bonchev–Trinajstić information content (AvgIpc) is 3.23. The molecule has 1 amide bonds. The third-order valence-electron chi connectivity index (χ3n) is 5.26. The predicted octanol–water partition coefficient (Wildman–Crippen LogP) is 9.11. The number of halogens is 3. The third-order valence-corrected chi connectivity index (χ3v) is 5.26. The molecule has 212 valence electrons. The van der Waals surface area contributed by atoms with Gasteiger partial charge >= 0.3 is 12.3 Å². The number of amides is 1. The van der Waals surface area contributed by atoms with Crippen LogP contribution in [-0.2, 0) is 10.9 Å². The standard InChI is InChI=1S/C23H16F3N3O2.C8H18O/c24-23(25,26)16-9-5-14(6-10-16)7-12-21-27-19-11-8-15(13-20(19)28-21)17-3-1-2-4-18(17)29-22(30)31;1-7(2,3)9-8(4,5)6/h1-13,29H,(H,27,28)(H,30,31);1-6H3/b12-7+;. The van der Waals surface area contributed by atoms with Gasteiger partial charge in [0.25, 0.3) is 0 Å². The Labute approximate surface area is 231 Å². The van der Waals surface area contributed by atoms with E-state index >= 15 is 0 Å². The van der Waals surface area contributed by atoms with Crippen molar-refractivity contribution < 1.29 is 27.8 Å². The Hall–Kier alpha value is -4.11. The molecule has 0 aliphatic rings. The van der Waals surface area contributed by atoms with Crippen LogP contribution in [0.4, 0.5) is 23.7 Å². The maximum atomic E-state index is 12.7. The number of nitrogens with zero attached hydrogens (tertiary/aromatic N) is 1. The van der Waals surface area contributed by atoms with Gasteiger partial charge in [-0.3, -0.25) is 5.32 Å². The van der Waals surface area contributed by atoms with E-state index in [1.807, 2.05) is 30.3 Å². The van der Waals surface area contributed by atoms with Gasteiger partial charge in [-0.15, -0.1) is 0 Å². The minimum atomic E-state index is -4.36. The van der Waals surface area contributed by atoms with Crippen LogP contribution in [0.1, 0.15) is 58.5 Å². The second-order valence-corrected chi connectivity index (χ2v) is 11.1. The lowest BCUT2D eigenvalue weighted by atomic mass is 10.0. The van der Waals surface area contributed by atoms with Gasteiger partial charge in [-0.05, 0) is 89.1 Å². The van der Waals surface area contributed by atoms with Crippen LogP contribution in [0.5, 0.6) is 0 Å². The zero-order chi connectivity index (χ0) is 29.7. The van der Waals surface area contributed by atoms with Crippen molar-refractivity contribution >= 4 is 35.0 Å². The lowest BCUT2D eigenvalue weighted by Gasteiger charge is -2.30. The van der Waals surface area contributed by atoms with E-state index < -0.39 is 17.8 Å². The maximum absolute atomic E-state index is 12.7. The highest BCUT2D eigenvalue weighted by atomic mass is 19.4. The van der Waals surface area contributed by atoms with Gasteiger partial charge in [0, 0.05) is 5.56 Å². The number of aromatic amines is 1. The summed E-state index contributed by atoms with van der Waals surface area (Å²) in [4.78, 5) is 18.6. The number of benzene rings is 3. The summed E-state index contributed by atoms with van der Waals surface area (Å²) in [6.07, 6.45) is -2.16. The second kappa shape index (κ2) is 12.0. The Morgan fingerprint density at radius 3 is 2.08 bits per heavy atom. The lowest BCUT2D eigenvalue weighted by Crippen LogP contribution is -2.31. The van der Waals surface area contributed by atoms with Gasteiger partial charge in [0.2, 0.25) is 0 Å². The molecule has 0 unspecified atom stereocenters. The van der Waals surface area contributed by atoms with Crippen LogP contribution in [-0.4, -0.2) is 32.4 Å². The van der Waals surface area contributed by atoms with Crippen LogP contribution in [0, 0.1) is 0 Å². The van der Waals surface area contributed by atoms with Crippen LogP contribution in [0.2, 0.25) is 0 Å². The van der Waals surface area contributed by atoms with E-state index in [1.165, 1.54) is 12.1 Å². The number of alkyl halides is 3. The van der Waals surface area contributed by atoms with Gasteiger partial charge in [-0.1, -0.05) is 42.5 Å². The molecule has 40 heavy (non-hydrogen) atoms. The number of imidazole rings is 1. The first-order valence-corrected chi connectivity index (χ1v) is 12.6. The molecule has 0 radical (unpaired) electrons. The van der Waals surface area contributed by atoms with Gasteiger partial charge in [0.05, 0.1) is 33.5 Å². The van der Waals surface area contributed by atoms with Gasteiger partial charge in [-0.25, -0.2) is 9.78 Å². The summed E-state index contributed by atoms with van der Waals surface area (Å²) in [7, 11) is 0. The quantitative estimate of drug-likeness (QED) is 0.235. The van der Waals surface area contributed by atoms with E-state index in [9.17, 15) is 18.0 Å². The van der Waals surface area contributed by atoms with Crippen LogP contribution in [0.3, 0.4) is 0 Å². The van der Waals surface area contributed by atoms with E-state index in [-0.39, 0.29) is 11.2 Å². The first kappa shape index (κ1) is 30.4. The zero-order valence-electron chi connectivity index (χ0n) is 23.4. The molecule has 1 aromatic heterocycles. The maximum Gasteiger partial charge on any atom is 0.416 e. The molecule has 0 spiro atoms. The zero-order valence-corrected chi connectivity index (χ0v) is 23.4. The highest BCUT2D eigenvalue weighted by Crippen LogP contribution is 2.31. The molecule has 0 saturated heterocycles. The fraction of sp³-hybridized carbons (Fsp3) is 0.290. The number of carbonyl (C=O) groups is 1. The first-order valence-electron chi connectivity index (χ1n) is 12.6. The van der Waals surface area contributed by atoms with Gasteiger partial charge in [-0.2, -0.15) is 13.2 Å². The summed E-state index contributed by atoms with van der Waals surface area (Å²) in [6, 6.07) is 17.4. The third kappa shape index (κ3) is 9.27. The van der Waals surface area contributed by atoms with Crippen molar-refractivity contribution in [3.05, 3.63) is 83.7 Å². The summed E-state index contributed by atoms with van der Waals surface area (Å²) >= 11 is 0. The molecular formula is C31H34F3N3O3. The number of carboxylic acid groups (broad SMARTS) is 1. The molecule has 4 aromatic rings. The number of hydrogen-bond acceptors (Lipinski definition) is 3. The number of fused-ring (bicyclic) bond motifs is 1. The van der Waals surface area contributed by atoms with Crippen LogP contribution in [0.15, 0.2) is 66.7 Å². The number of hydrogen-bond donors (Lipinski definition) is 3. The molecule has 0 bridgehead atoms. The van der Waals surface area contributed by atoms with Gasteiger partial charge in [0.1, 0.15) is 5.82 Å². The van der Waals surface area contributed by atoms with Crippen molar-refractivity contribution in [2.75, 3.05) is 5.32 Å². The Morgan fingerprint density at radius 1 is 0.900 bits per heavy atom.